The number of aryl methyl sites for hydroxylation is 2. The third-order valence-corrected chi connectivity index (χ3v) is 7.12. The lowest BCUT2D eigenvalue weighted by atomic mass is 10.2. The number of hydrogen-bond acceptors (Lipinski definition) is 4. The molecule has 0 saturated carbocycles. The first-order chi connectivity index (χ1) is 13.7. The summed E-state index contributed by atoms with van der Waals surface area (Å²) in [5.41, 5.74) is 2.18. The zero-order chi connectivity index (χ0) is 21.2. The van der Waals surface area contributed by atoms with Gasteiger partial charge >= 0.3 is 0 Å². The van der Waals surface area contributed by atoms with E-state index in [-0.39, 0.29) is 17.2 Å². The number of anilines is 1. The van der Waals surface area contributed by atoms with Gasteiger partial charge in [-0.25, -0.2) is 17.7 Å². The molecule has 0 unspecified atom stereocenters. The Balaban J connectivity index is 1.82. The second-order valence-corrected chi connectivity index (χ2v) is 9.74. The van der Waals surface area contributed by atoms with Crippen molar-refractivity contribution in [3.63, 3.8) is 0 Å². The Morgan fingerprint density at radius 3 is 2.59 bits per heavy atom. The van der Waals surface area contributed by atoms with Crippen molar-refractivity contribution in [1.29, 1.82) is 0 Å². The highest BCUT2D eigenvalue weighted by Crippen LogP contribution is 2.24. The van der Waals surface area contributed by atoms with Crippen LogP contribution in [0.4, 0.5) is 5.69 Å². The van der Waals surface area contributed by atoms with E-state index in [0.717, 1.165) is 21.5 Å². The molecule has 0 aliphatic rings. The number of nitrogens with zero attached hydrogens (tertiary/aromatic N) is 3. The van der Waals surface area contributed by atoms with E-state index >= 15 is 0 Å². The molecular formula is C20H23BrN4O3S. The summed E-state index contributed by atoms with van der Waals surface area (Å²) >= 11 is 3.42. The third-order valence-electron chi connectivity index (χ3n) is 4.62. The lowest BCUT2D eigenvalue weighted by molar-refractivity contribution is -0.116. The average Bonchev–Trinajstić information content (AvgIpc) is 3.04. The first-order valence-electron chi connectivity index (χ1n) is 9.20. The van der Waals surface area contributed by atoms with Crippen LogP contribution in [0.3, 0.4) is 0 Å². The fourth-order valence-corrected chi connectivity index (χ4v) is 4.38. The summed E-state index contributed by atoms with van der Waals surface area (Å²) in [5.74, 6) is 0.645. The van der Waals surface area contributed by atoms with E-state index in [1.165, 1.54) is 18.4 Å². The number of halogens is 1. The number of carbonyl (C=O) groups excluding carboxylic acids is 1. The molecule has 154 valence electrons. The fraction of sp³-hybridized carbons (Fsp3) is 0.300. The largest absolute Gasteiger partial charge is 0.328 e. The lowest BCUT2D eigenvalue weighted by Crippen LogP contribution is -2.22. The second-order valence-electron chi connectivity index (χ2n) is 6.74. The van der Waals surface area contributed by atoms with Crippen molar-refractivity contribution in [1.82, 2.24) is 13.9 Å². The van der Waals surface area contributed by atoms with Gasteiger partial charge in [-0.05, 0) is 53.2 Å². The minimum atomic E-state index is -3.53. The number of benzene rings is 2. The Morgan fingerprint density at radius 2 is 1.93 bits per heavy atom. The third kappa shape index (κ3) is 4.52. The zero-order valence-corrected chi connectivity index (χ0v) is 18.9. The molecule has 0 saturated heterocycles. The van der Waals surface area contributed by atoms with Crippen molar-refractivity contribution in [3.8, 4) is 0 Å². The molecule has 0 atom stereocenters. The van der Waals surface area contributed by atoms with Crippen LogP contribution in [0.15, 0.2) is 51.8 Å². The molecule has 0 bridgehead atoms. The summed E-state index contributed by atoms with van der Waals surface area (Å²) in [6.07, 6.45) is 0.724. The molecule has 2 aromatic carbocycles. The molecule has 3 aromatic rings. The van der Waals surface area contributed by atoms with Gasteiger partial charge in [-0.3, -0.25) is 4.79 Å². The summed E-state index contributed by atoms with van der Waals surface area (Å²) in [6.45, 7) is 2.67. The molecule has 1 N–H and O–H groups in total. The molecule has 9 heteroatoms. The number of imidazole rings is 1. The van der Waals surface area contributed by atoms with Gasteiger partial charge in [-0.15, -0.1) is 0 Å². The van der Waals surface area contributed by atoms with Crippen molar-refractivity contribution in [2.24, 2.45) is 0 Å². The summed E-state index contributed by atoms with van der Waals surface area (Å²) in [4.78, 5) is 17.2. The van der Waals surface area contributed by atoms with E-state index in [1.807, 2.05) is 35.8 Å². The highest BCUT2D eigenvalue weighted by molar-refractivity contribution is 9.10. The van der Waals surface area contributed by atoms with Crippen LogP contribution in [0.1, 0.15) is 19.2 Å². The number of rotatable bonds is 7. The first kappa shape index (κ1) is 21.5. The van der Waals surface area contributed by atoms with Gasteiger partial charge in [0.15, 0.2) is 0 Å². The van der Waals surface area contributed by atoms with E-state index in [2.05, 4.69) is 26.2 Å². The highest BCUT2D eigenvalue weighted by Gasteiger charge is 2.19. The predicted octanol–water partition coefficient (Wildman–Crippen LogP) is 3.64. The number of fused-ring (bicyclic) bond motifs is 1. The highest BCUT2D eigenvalue weighted by atomic mass is 79.9. The van der Waals surface area contributed by atoms with Gasteiger partial charge < -0.3 is 9.88 Å². The molecule has 0 fully saturated rings. The number of amides is 1. The summed E-state index contributed by atoms with van der Waals surface area (Å²) in [5, 5.41) is 2.89. The molecule has 3 rings (SSSR count). The maximum Gasteiger partial charge on any atom is 0.242 e. The molecule has 1 amide bonds. The molecule has 7 nitrogen and oxygen atoms in total. The average molecular weight is 479 g/mol. The van der Waals surface area contributed by atoms with Crippen molar-refractivity contribution < 1.29 is 13.2 Å². The van der Waals surface area contributed by atoms with Gasteiger partial charge in [0.25, 0.3) is 0 Å². The quantitative estimate of drug-likeness (QED) is 0.561. The number of sulfonamides is 1. The van der Waals surface area contributed by atoms with Crippen molar-refractivity contribution in [2.45, 2.75) is 31.2 Å². The Morgan fingerprint density at radius 1 is 1.21 bits per heavy atom. The van der Waals surface area contributed by atoms with Gasteiger partial charge in [0.1, 0.15) is 5.82 Å². The molecule has 1 heterocycles. The van der Waals surface area contributed by atoms with Crippen molar-refractivity contribution in [3.05, 3.63) is 52.8 Å². The minimum Gasteiger partial charge on any atom is -0.328 e. The summed E-state index contributed by atoms with van der Waals surface area (Å²) in [6, 6.07) is 12.4. The van der Waals surface area contributed by atoms with Crippen LogP contribution in [0.5, 0.6) is 0 Å². The van der Waals surface area contributed by atoms with Gasteiger partial charge in [0, 0.05) is 38.0 Å². The van der Waals surface area contributed by atoms with Gasteiger partial charge in [-0.1, -0.05) is 12.1 Å². The Hall–Kier alpha value is -2.23. The zero-order valence-electron chi connectivity index (χ0n) is 16.5. The second kappa shape index (κ2) is 8.64. The number of carbonyl (C=O) groups is 1. The van der Waals surface area contributed by atoms with Crippen LogP contribution in [-0.4, -0.2) is 42.3 Å². The Kier molecular flexibility index (Phi) is 6.40. The molecular weight excluding hydrogens is 456 g/mol. The van der Waals surface area contributed by atoms with Crippen LogP contribution in [-0.2, 0) is 27.8 Å². The Labute approximate surface area is 178 Å². The number of para-hydroxylation sites is 1. The fourth-order valence-electron chi connectivity index (χ4n) is 3.08. The van der Waals surface area contributed by atoms with E-state index in [0.29, 0.717) is 18.5 Å². The number of aromatic nitrogens is 2. The normalized spacial score (nSPS) is 11.9. The lowest BCUT2D eigenvalue weighted by Gasteiger charge is -2.11. The smallest absolute Gasteiger partial charge is 0.242 e. The maximum absolute atomic E-state index is 12.4. The monoisotopic (exact) mass is 478 g/mol. The number of hydrogen-bond donors (Lipinski definition) is 1. The van der Waals surface area contributed by atoms with E-state index in [1.54, 1.807) is 18.2 Å². The summed E-state index contributed by atoms with van der Waals surface area (Å²) < 4.78 is 28.8. The van der Waals surface area contributed by atoms with Crippen LogP contribution in [0.25, 0.3) is 11.0 Å². The molecule has 1 aromatic heterocycles. The van der Waals surface area contributed by atoms with Crippen LogP contribution in [0, 0.1) is 0 Å². The van der Waals surface area contributed by atoms with Crippen LogP contribution in [0.2, 0.25) is 0 Å². The van der Waals surface area contributed by atoms with Gasteiger partial charge in [-0.2, -0.15) is 0 Å². The van der Waals surface area contributed by atoms with Crippen LogP contribution < -0.4 is 5.32 Å². The van der Waals surface area contributed by atoms with E-state index in [9.17, 15) is 13.2 Å². The topological polar surface area (TPSA) is 84.3 Å². The predicted molar refractivity (Wildman–Crippen MR) is 117 cm³/mol. The molecule has 0 aliphatic heterocycles. The number of nitrogens with one attached hydrogen (secondary N) is 1. The Bertz CT molecular complexity index is 1160. The summed E-state index contributed by atoms with van der Waals surface area (Å²) in [7, 11) is -0.529. The van der Waals surface area contributed by atoms with Crippen molar-refractivity contribution in [2.75, 3.05) is 19.4 Å². The molecule has 0 radical (unpaired) electrons. The molecule has 29 heavy (non-hydrogen) atoms. The van der Waals surface area contributed by atoms with Crippen molar-refractivity contribution >= 4 is 48.6 Å². The molecule has 0 aliphatic carbocycles. The van der Waals surface area contributed by atoms with E-state index < -0.39 is 10.0 Å². The minimum absolute atomic E-state index is 0.109. The standard InChI is InChI=1S/C20H23BrN4O3S/c1-4-25-18-10-9-14(29(27,28)24(2)3)13-17(18)22-19(25)11-12-20(26)23-16-8-6-5-7-15(16)21/h5-10,13H,4,11-12H2,1-3H3,(H,23,26). The van der Waals surface area contributed by atoms with Gasteiger partial charge in [0.05, 0.1) is 21.6 Å². The maximum atomic E-state index is 12.4. The molecule has 0 spiro atoms. The van der Waals surface area contributed by atoms with Gasteiger partial charge in [0.2, 0.25) is 15.9 Å². The van der Waals surface area contributed by atoms with E-state index in [4.69, 9.17) is 0 Å². The SMILES string of the molecule is CCn1c(CCC(=O)Nc2ccccc2Br)nc2cc(S(=O)(=O)N(C)C)ccc21. The first-order valence-corrected chi connectivity index (χ1v) is 11.4. The van der Waals surface area contributed by atoms with Crippen LogP contribution >= 0.6 is 15.9 Å².